The number of methoxy groups -OCH3 is 1. The fourth-order valence-corrected chi connectivity index (χ4v) is 2.10. The molecule has 15 heavy (non-hydrogen) atoms. The Balaban J connectivity index is 2.32. The largest absolute Gasteiger partial charge is 0.495 e. The molecule has 0 atom stereocenters. The van der Waals surface area contributed by atoms with Gasteiger partial charge in [0.25, 0.3) is 0 Å². The van der Waals surface area contributed by atoms with Crippen molar-refractivity contribution in [3.05, 3.63) is 28.0 Å². The first-order valence-electron chi connectivity index (χ1n) is 4.78. The predicted octanol–water partition coefficient (Wildman–Crippen LogP) is 2.66. The number of hydrogen-bond donors (Lipinski definition) is 1. The number of benzene rings is 1. The second kappa shape index (κ2) is 3.76. The number of halogens is 2. The first-order valence-corrected chi connectivity index (χ1v) is 5.58. The second-order valence-electron chi connectivity index (χ2n) is 3.98. The molecule has 0 radical (unpaired) electrons. The summed E-state index contributed by atoms with van der Waals surface area (Å²) in [6, 6.07) is 2.76. The lowest BCUT2D eigenvalue weighted by Gasteiger charge is -2.12. The number of hydrogen-bond acceptors (Lipinski definition) is 2. The molecular weight excluding hydrogens is 263 g/mol. The van der Waals surface area contributed by atoms with Gasteiger partial charge in [-0.25, -0.2) is 4.39 Å². The third kappa shape index (κ3) is 2.32. The van der Waals surface area contributed by atoms with Gasteiger partial charge >= 0.3 is 0 Å². The first-order chi connectivity index (χ1) is 7.04. The molecule has 1 aliphatic carbocycles. The molecule has 0 amide bonds. The average molecular weight is 275 g/mol. The summed E-state index contributed by atoms with van der Waals surface area (Å²) in [7, 11) is 1.50. The van der Waals surface area contributed by atoms with Gasteiger partial charge in [0.2, 0.25) is 0 Å². The normalized spacial score (nSPS) is 17.6. The molecule has 0 aromatic heterocycles. The molecule has 2 nitrogen and oxygen atoms in total. The minimum Gasteiger partial charge on any atom is -0.495 e. The van der Waals surface area contributed by atoms with Crippen molar-refractivity contribution < 1.29 is 14.2 Å². The standard InChI is InChI=1S/C11H12BrFO2/c1-15-9-5-8(13)4-7(10(9)12)6-11(14)2-3-11/h4-5,14H,2-3,6H2,1H3. The van der Waals surface area contributed by atoms with Crippen LogP contribution in [0.25, 0.3) is 0 Å². The molecule has 2 rings (SSSR count). The summed E-state index contributed by atoms with van der Waals surface area (Å²) in [5.74, 6) is 0.128. The van der Waals surface area contributed by atoms with Crippen molar-refractivity contribution in [2.24, 2.45) is 0 Å². The highest BCUT2D eigenvalue weighted by Crippen LogP contribution is 2.41. The Morgan fingerprint density at radius 3 is 2.73 bits per heavy atom. The number of rotatable bonds is 3. The Morgan fingerprint density at radius 2 is 2.20 bits per heavy atom. The molecule has 1 fully saturated rings. The van der Waals surface area contributed by atoms with Crippen molar-refractivity contribution in [1.82, 2.24) is 0 Å². The van der Waals surface area contributed by atoms with Crippen LogP contribution in [0.2, 0.25) is 0 Å². The average Bonchev–Trinajstić information content (AvgIpc) is 2.89. The summed E-state index contributed by atoms with van der Waals surface area (Å²) in [5.41, 5.74) is 0.133. The summed E-state index contributed by atoms with van der Waals surface area (Å²) in [4.78, 5) is 0. The van der Waals surface area contributed by atoms with Crippen LogP contribution in [0.1, 0.15) is 18.4 Å². The summed E-state index contributed by atoms with van der Waals surface area (Å²) >= 11 is 3.35. The molecule has 1 saturated carbocycles. The van der Waals surface area contributed by atoms with Gasteiger partial charge in [0, 0.05) is 12.5 Å². The van der Waals surface area contributed by atoms with E-state index in [0.29, 0.717) is 12.2 Å². The van der Waals surface area contributed by atoms with Crippen LogP contribution >= 0.6 is 15.9 Å². The van der Waals surface area contributed by atoms with Gasteiger partial charge in [-0.2, -0.15) is 0 Å². The van der Waals surface area contributed by atoms with E-state index in [1.54, 1.807) is 0 Å². The van der Waals surface area contributed by atoms with Crippen molar-refractivity contribution in [2.75, 3.05) is 7.11 Å². The molecule has 4 heteroatoms. The highest BCUT2D eigenvalue weighted by molar-refractivity contribution is 9.10. The van der Waals surface area contributed by atoms with E-state index in [1.165, 1.54) is 19.2 Å². The summed E-state index contributed by atoms with van der Waals surface area (Å²) in [6.07, 6.45) is 2.05. The monoisotopic (exact) mass is 274 g/mol. The zero-order valence-corrected chi connectivity index (χ0v) is 9.97. The van der Waals surface area contributed by atoms with E-state index in [0.717, 1.165) is 22.9 Å². The predicted molar refractivity (Wildman–Crippen MR) is 58.5 cm³/mol. The fraction of sp³-hybridized carbons (Fsp3) is 0.455. The summed E-state index contributed by atoms with van der Waals surface area (Å²) in [6.45, 7) is 0. The SMILES string of the molecule is COc1cc(F)cc(CC2(O)CC2)c1Br. The molecular formula is C11H12BrFO2. The smallest absolute Gasteiger partial charge is 0.136 e. The van der Waals surface area contributed by atoms with Crippen LogP contribution in [-0.2, 0) is 6.42 Å². The Morgan fingerprint density at radius 1 is 1.53 bits per heavy atom. The Labute approximate surface area is 96.2 Å². The molecule has 1 N–H and O–H groups in total. The summed E-state index contributed by atoms with van der Waals surface area (Å²) < 4.78 is 19.0. The van der Waals surface area contributed by atoms with E-state index >= 15 is 0 Å². The van der Waals surface area contributed by atoms with Gasteiger partial charge < -0.3 is 9.84 Å². The topological polar surface area (TPSA) is 29.5 Å². The first kappa shape index (κ1) is 10.9. The van der Waals surface area contributed by atoms with Gasteiger partial charge in [-0.05, 0) is 40.4 Å². The molecule has 0 bridgehead atoms. The van der Waals surface area contributed by atoms with E-state index < -0.39 is 5.60 Å². The third-order valence-electron chi connectivity index (χ3n) is 2.65. The highest BCUT2D eigenvalue weighted by atomic mass is 79.9. The van der Waals surface area contributed by atoms with Crippen LogP contribution < -0.4 is 4.74 Å². The van der Waals surface area contributed by atoms with Crippen molar-refractivity contribution in [1.29, 1.82) is 0 Å². The molecule has 0 aliphatic heterocycles. The lowest BCUT2D eigenvalue weighted by molar-refractivity contribution is 0.150. The Hall–Kier alpha value is -0.610. The van der Waals surface area contributed by atoms with Gasteiger partial charge in [-0.3, -0.25) is 0 Å². The molecule has 0 heterocycles. The minimum atomic E-state index is -0.624. The lowest BCUT2D eigenvalue weighted by Crippen LogP contribution is -2.11. The Bertz CT molecular complexity index is 388. The fourth-order valence-electron chi connectivity index (χ4n) is 1.57. The van der Waals surface area contributed by atoms with E-state index in [9.17, 15) is 9.50 Å². The maximum absolute atomic E-state index is 13.2. The van der Waals surface area contributed by atoms with Crippen molar-refractivity contribution >= 4 is 15.9 Å². The zero-order chi connectivity index (χ0) is 11.1. The van der Waals surface area contributed by atoms with E-state index in [2.05, 4.69) is 15.9 Å². The number of ether oxygens (including phenoxy) is 1. The van der Waals surface area contributed by atoms with E-state index in [4.69, 9.17) is 4.74 Å². The van der Waals surface area contributed by atoms with E-state index in [-0.39, 0.29) is 5.82 Å². The van der Waals surface area contributed by atoms with Gasteiger partial charge in [0.05, 0.1) is 17.2 Å². The molecule has 1 aromatic carbocycles. The maximum Gasteiger partial charge on any atom is 0.136 e. The van der Waals surface area contributed by atoms with Crippen LogP contribution in [0.3, 0.4) is 0 Å². The molecule has 1 aromatic rings. The molecule has 0 unspecified atom stereocenters. The van der Waals surface area contributed by atoms with Crippen molar-refractivity contribution in [2.45, 2.75) is 24.9 Å². The van der Waals surface area contributed by atoms with Crippen LogP contribution in [-0.4, -0.2) is 17.8 Å². The molecule has 1 aliphatic rings. The van der Waals surface area contributed by atoms with Crippen LogP contribution in [0, 0.1) is 5.82 Å². The second-order valence-corrected chi connectivity index (χ2v) is 4.78. The quantitative estimate of drug-likeness (QED) is 0.919. The maximum atomic E-state index is 13.2. The third-order valence-corrected chi connectivity index (χ3v) is 3.55. The lowest BCUT2D eigenvalue weighted by atomic mass is 10.1. The molecule has 82 valence electrons. The van der Waals surface area contributed by atoms with Gasteiger partial charge in [-0.15, -0.1) is 0 Å². The van der Waals surface area contributed by atoms with Gasteiger partial charge in [0.1, 0.15) is 11.6 Å². The number of aliphatic hydroxyl groups is 1. The zero-order valence-electron chi connectivity index (χ0n) is 8.39. The van der Waals surface area contributed by atoms with Crippen molar-refractivity contribution in [3.63, 3.8) is 0 Å². The van der Waals surface area contributed by atoms with Crippen molar-refractivity contribution in [3.8, 4) is 5.75 Å². The molecule has 0 spiro atoms. The highest BCUT2D eigenvalue weighted by Gasteiger charge is 2.40. The van der Waals surface area contributed by atoms with Gasteiger partial charge in [0.15, 0.2) is 0 Å². The van der Waals surface area contributed by atoms with Crippen LogP contribution in [0.5, 0.6) is 5.75 Å². The summed E-state index contributed by atoms with van der Waals surface area (Å²) in [5, 5.41) is 9.78. The Kier molecular flexibility index (Phi) is 2.73. The molecule has 0 saturated heterocycles. The van der Waals surface area contributed by atoms with Crippen LogP contribution in [0.15, 0.2) is 16.6 Å². The minimum absolute atomic E-state index is 0.339. The van der Waals surface area contributed by atoms with Gasteiger partial charge in [-0.1, -0.05) is 0 Å². The van der Waals surface area contributed by atoms with E-state index in [1.807, 2.05) is 0 Å². The van der Waals surface area contributed by atoms with Crippen LogP contribution in [0.4, 0.5) is 4.39 Å².